The Kier molecular flexibility index (Phi) is 8.05. The number of benzene rings is 3. The van der Waals surface area contributed by atoms with E-state index in [9.17, 15) is 13.2 Å². The van der Waals surface area contributed by atoms with Gasteiger partial charge >= 0.3 is 0 Å². The summed E-state index contributed by atoms with van der Waals surface area (Å²) in [6.45, 7) is 1.62. The molecule has 35 heavy (non-hydrogen) atoms. The summed E-state index contributed by atoms with van der Waals surface area (Å²) >= 11 is 12.1. The van der Waals surface area contributed by atoms with E-state index in [-0.39, 0.29) is 17.5 Å². The van der Waals surface area contributed by atoms with Crippen molar-refractivity contribution in [2.75, 3.05) is 10.8 Å². The van der Waals surface area contributed by atoms with Crippen LogP contribution in [0.1, 0.15) is 48.9 Å². The van der Waals surface area contributed by atoms with E-state index < -0.39 is 15.9 Å². The molecule has 1 N–H and O–H groups in total. The zero-order valence-electron chi connectivity index (χ0n) is 19.5. The van der Waals surface area contributed by atoms with Crippen molar-refractivity contribution in [2.45, 2.75) is 50.0 Å². The van der Waals surface area contributed by atoms with E-state index in [4.69, 9.17) is 23.2 Å². The first-order valence-corrected chi connectivity index (χ1v) is 13.9. The van der Waals surface area contributed by atoms with Gasteiger partial charge in [0.15, 0.2) is 0 Å². The molecule has 8 heteroatoms. The Bertz CT molecular complexity index is 1310. The van der Waals surface area contributed by atoms with E-state index in [2.05, 4.69) is 23.5 Å². The number of carbonyl (C=O) groups is 1. The quantitative estimate of drug-likeness (QED) is 0.369. The molecule has 0 fully saturated rings. The summed E-state index contributed by atoms with van der Waals surface area (Å²) in [4.78, 5) is 13.2. The lowest BCUT2D eigenvalue weighted by Crippen LogP contribution is -2.42. The summed E-state index contributed by atoms with van der Waals surface area (Å²) in [5.74, 6) is -0.396. The SMILES string of the molecule is CC[C@H](NC(=O)CN(c1cccc(Cl)c1)S(=O)(=O)c1ccc(Cl)cc1)c1ccc2c(c1)CCCC2. The first-order chi connectivity index (χ1) is 16.8. The number of nitrogens with zero attached hydrogens (tertiary/aromatic N) is 1. The molecule has 3 aromatic carbocycles. The normalized spacial score (nSPS) is 14.1. The third kappa shape index (κ3) is 6.00. The van der Waals surface area contributed by atoms with Crippen LogP contribution in [0, 0.1) is 0 Å². The Hall–Kier alpha value is -2.54. The molecule has 184 valence electrons. The van der Waals surface area contributed by atoms with Gasteiger partial charge in [0.1, 0.15) is 6.54 Å². The second-order valence-corrected chi connectivity index (χ2v) is 11.4. The van der Waals surface area contributed by atoms with Crippen molar-refractivity contribution >= 4 is 44.8 Å². The highest BCUT2D eigenvalue weighted by atomic mass is 35.5. The van der Waals surface area contributed by atoms with Crippen molar-refractivity contribution in [1.29, 1.82) is 0 Å². The molecule has 0 aromatic heterocycles. The summed E-state index contributed by atoms with van der Waals surface area (Å²) < 4.78 is 28.2. The number of carbonyl (C=O) groups excluding carboxylic acids is 1. The van der Waals surface area contributed by atoms with E-state index in [1.165, 1.54) is 54.3 Å². The largest absolute Gasteiger partial charge is 0.348 e. The number of anilines is 1. The third-order valence-corrected chi connectivity index (χ3v) is 8.58. The Morgan fingerprint density at radius 1 is 0.943 bits per heavy atom. The lowest BCUT2D eigenvalue weighted by molar-refractivity contribution is -0.120. The van der Waals surface area contributed by atoms with Crippen molar-refractivity contribution in [1.82, 2.24) is 5.32 Å². The number of halogens is 2. The number of hydrogen-bond acceptors (Lipinski definition) is 3. The molecule has 3 aromatic rings. The predicted molar refractivity (Wildman–Crippen MR) is 142 cm³/mol. The zero-order valence-corrected chi connectivity index (χ0v) is 21.8. The lowest BCUT2D eigenvalue weighted by Gasteiger charge is -2.26. The average molecular weight is 532 g/mol. The molecule has 1 aliphatic rings. The molecule has 0 radical (unpaired) electrons. The Balaban J connectivity index is 1.60. The molecule has 0 saturated carbocycles. The van der Waals surface area contributed by atoms with Crippen LogP contribution < -0.4 is 9.62 Å². The van der Waals surface area contributed by atoms with Crippen LogP contribution >= 0.6 is 23.2 Å². The molecule has 0 unspecified atom stereocenters. The molecular weight excluding hydrogens is 503 g/mol. The second kappa shape index (κ2) is 11.0. The van der Waals surface area contributed by atoms with Gasteiger partial charge in [-0.1, -0.05) is 54.4 Å². The summed E-state index contributed by atoms with van der Waals surface area (Å²) in [6.07, 6.45) is 5.22. The van der Waals surface area contributed by atoms with Crippen molar-refractivity contribution in [3.8, 4) is 0 Å². The second-order valence-electron chi connectivity index (χ2n) is 8.71. The fraction of sp³-hybridized carbons (Fsp3) is 0.296. The lowest BCUT2D eigenvalue weighted by atomic mass is 9.89. The van der Waals surface area contributed by atoms with Crippen molar-refractivity contribution in [3.05, 3.63) is 93.5 Å². The summed E-state index contributed by atoms with van der Waals surface area (Å²) in [5, 5.41) is 3.84. The molecule has 0 saturated heterocycles. The number of nitrogens with one attached hydrogen (secondary N) is 1. The van der Waals surface area contributed by atoms with Crippen LogP contribution in [0.15, 0.2) is 71.6 Å². The minimum absolute atomic E-state index is 0.0383. The molecule has 1 amide bonds. The molecular formula is C27H28Cl2N2O3S. The van der Waals surface area contributed by atoms with Crippen LogP contribution in [0.5, 0.6) is 0 Å². The number of aryl methyl sites for hydroxylation is 2. The van der Waals surface area contributed by atoms with Gasteiger partial charge < -0.3 is 5.32 Å². The van der Waals surface area contributed by atoms with Gasteiger partial charge in [0.25, 0.3) is 10.0 Å². The first kappa shape index (κ1) is 25.5. The molecule has 0 heterocycles. The van der Waals surface area contributed by atoms with Crippen LogP contribution in [0.4, 0.5) is 5.69 Å². The van der Waals surface area contributed by atoms with Crippen LogP contribution in [-0.2, 0) is 27.7 Å². The maximum Gasteiger partial charge on any atom is 0.264 e. The first-order valence-electron chi connectivity index (χ1n) is 11.7. The topological polar surface area (TPSA) is 66.5 Å². The van der Waals surface area contributed by atoms with Gasteiger partial charge in [-0.25, -0.2) is 8.42 Å². The monoisotopic (exact) mass is 530 g/mol. The number of rotatable bonds is 8. The fourth-order valence-corrected chi connectivity index (χ4v) is 6.17. The number of fused-ring (bicyclic) bond motifs is 1. The van der Waals surface area contributed by atoms with E-state index >= 15 is 0 Å². The average Bonchev–Trinajstić information content (AvgIpc) is 2.85. The number of sulfonamides is 1. The van der Waals surface area contributed by atoms with Crippen molar-refractivity contribution in [2.24, 2.45) is 0 Å². The zero-order chi connectivity index (χ0) is 25.0. The van der Waals surface area contributed by atoms with E-state index in [0.29, 0.717) is 22.2 Å². The highest BCUT2D eigenvalue weighted by Crippen LogP contribution is 2.28. The minimum Gasteiger partial charge on any atom is -0.348 e. The molecule has 4 rings (SSSR count). The summed E-state index contributed by atoms with van der Waals surface area (Å²) in [5.41, 5.74) is 4.07. The van der Waals surface area contributed by atoms with E-state index in [1.807, 2.05) is 6.92 Å². The fourth-order valence-electron chi connectivity index (χ4n) is 4.44. The van der Waals surface area contributed by atoms with Gasteiger partial charge in [-0.15, -0.1) is 0 Å². The van der Waals surface area contributed by atoms with Crippen LogP contribution in [0.2, 0.25) is 10.0 Å². The summed E-state index contributed by atoms with van der Waals surface area (Å²) in [7, 11) is -4.05. The molecule has 1 atom stereocenters. The van der Waals surface area contributed by atoms with Crippen molar-refractivity contribution < 1.29 is 13.2 Å². The van der Waals surface area contributed by atoms with Crippen LogP contribution in [-0.4, -0.2) is 20.9 Å². The van der Waals surface area contributed by atoms with Crippen LogP contribution in [0.25, 0.3) is 0 Å². The minimum atomic E-state index is -4.05. The smallest absolute Gasteiger partial charge is 0.264 e. The highest BCUT2D eigenvalue weighted by molar-refractivity contribution is 7.92. The maximum atomic E-state index is 13.5. The molecule has 0 spiro atoms. The van der Waals surface area contributed by atoms with Crippen LogP contribution in [0.3, 0.4) is 0 Å². The van der Waals surface area contributed by atoms with Gasteiger partial charge in [-0.2, -0.15) is 0 Å². The molecule has 1 aliphatic carbocycles. The Morgan fingerprint density at radius 2 is 1.66 bits per heavy atom. The number of hydrogen-bond donors (Lipinski definition) is 1. The van der Waals surface area contributed by atoms with E-state index in [0.717, 1.165) is 22.7 Å². The Morgan fingerprint density at radius 3 is 2.34 bits per heavy atom. The molecule has 5 nitrogen and oxygen atoms in total. The predicted octanol–water partition coefficient (Wildman–Crippen LogP) is 6.34. The van der Waals surface area contributed by atoms with Gasteiger partial charge in [0.2, 0.25) is 5.91 Å². The van der Waals surface area contributed by atoms with Crippen molar-refractivity contribution in [3.63, 3.8) is 0 Å². The van der Waals surface area contributed by atoms with Gasteiger partial charge in [-0.3, -0.25) is 9.10 Å². The third-order valence-electron chi connectivity index (χ3n) is 6.30. The van der Waals surface area contributed by atoms with E-state index in [1.54, 1.807) is 18.2 Å². The molecule has 0 bridgehead atoms. The van der Waals surface area contributed by atoms with Gasteiger partial charge in [0, 0.05) is 10.0 Å². The van der Waals surface area contributed by atoms with Gasteiger partial charge in [0.05, 0.1) is 16.6 Å². The molecule has 0 aliphatic heterocycles. The number of amides is 1. The summed E-state index contributed by atoms with van der Waals surface area (Å²) in [6, 6.07) is 18.5. The standard InChI is InChI=1S/C27H28Cl2N2O3S/c1-2-26(21-11-10-19-6-3-4-7-20(19)16-21)30-27(32)18-31(24-9-5-8-23(29)17-24)35(33,34)25-14-12-22(28)13-15-25/h5,8-17,26H,2-4,6-7,18H2,1H3,(H,30,32)/t26-/m0/s1. The maximum absolute atomic E-state index is 13.5. The Labute approximate surface area is 217 Å². The van der Waals surface area contributed by atoms with Gasteiger partial charge in [-0.05, 0) is 91.3 Å². The highest BCUT2D eigenvalue weighted by Gasteiger charge is 2.28.